The maximum absolute atomic E-state index is 13.4. The van der Waals surface area contributed by atoms with E-state index in [4.69, 9.17) is 0 Å². The van der Waals surface area contributed by atoms with Gasteiger partial charge in [-0.15, -0.1) is 0 Å². The van der Waals surface area contributed by atoms with E-state index in [0.29, 0.717) is 4.47 Å². The molecule has 1 nitrogen and oxygen atoms in total. The van der Waals surface area contributed by atoms with Crippen LogP contribution in [0.15, 0.2) is 53.0 Å². The molecule has 3 heteroatoms. The molecule has 0 amide bonds. The maximum Gasteiger partial charge on any atom is 0.147 e. The quantitative estimate of drug-likeness (QED) is 0.809. The lowest BCUT2D eigenvalue weighted by molar-refractivity contribution is -0.120. The van der Waals surface area contributed by atoms with E-state index in [1.165, 1.54) is 12.1 Å². The Kier molecular flexibility index (Phi) is 3.47. The summed E-state index contributed by atoms with van der Waals surface area (Å²) in [7, 11) is 0. The first kappa shape index (κ1) is 13.5. The number of hydrogen-bond acceptors (Lipinski definition) is 1. The molecule has 102 valence electrons. The topological polar surface area (TPSA) is 17.1 Å². The fraction of sp³-hybridized carbons (Fsp3) is 0.235. The molecule has 0 saturated heterocycles. The summed E-state index contributed by atoms with van der Waals surface area (Å²) < 4.78 is 14.0. The van der Waals surface area contributed by atoms with Crippen molar-refractivity contribution < 1.29 is 9.18 Å². The van der Waals surface area contributed by atoms with Crippen LogP contribution >= 0.6 is 15.9 Å². The van der Waals surface area contributed by atoms with Crippen LogP contribution in [0.3, 0.4) is 0 Å². The minimum atomic E-state index is -0.333. The Balaban J connectivity index is 1.83. The highest BCUT2D eigenvalue weighted by Crippen LogP contribution is 2.49. The van der Waals surface area contributed by atoms with E-state index in [1.54, 1.807) is 0 Å². The molecule has 0 N–H and O–H groups in total. The number of rotatable bonds is 4. The minimum absolute atomic E-state index is 0.182. The monoisotopic (exact) mass is 332 g/mol. The first-order chi connectivity index (χ1) is 9.60. The van der Waals surface area contributed by atoms with E-state index in [2.05, 4.69) is 15.9 Å². The van der Waals surface area contributed by atoms with Gasteiger partial charge in [0.2, 0.25) is 0 Å². The zero-order valence-corrected chi connectivity index (χ0v) is 12.5. The van der Waals surface area contributed by atoms with Crippen LogP contribution < -0.4 is 0 Å². The van der Waals surface area contributed by atoms with Crippen molar-refractivity contribution in [1.82, 2.24) is 0 Å². The Morgan fingerprint density at radius 3 is 2.45 bits per heavy atom. The molecule has 1 aliphatic rings. The van der Waals surface area contributed by atoms with Crippen LogP contribution in [0.2, 0.25) is 0 Å². The van der Waals surface area contributed by atoms with Crippen molar-refractivity contribution in [3.05, 3.63) is 69.9 Å². The number of carbonyl (C=O) groups is 1. The zero-order valence-electron chi connectivity index (χ0n) is 10.9. The molecule has 1 saturated carbocycles. The Morgan fingerprint density at radius 2 is 1.85 bits per heavy atom. The average molecular weight is 333 g/mol. The molecule has 0 heterocycles. The molecule has 20 heavy (non-hydrogen) atoms. The number of carbonyl (C=O) groups excluding carboxylic acids is 1. The van der Waals surface area contributed by atoms with Gasteiger partial charge in [0.05, 0.1) is 5.41 Å². The van der Waals surface area contributed by atoms with Crippen molar-refractivity contribution in [1.29, 1.82) is 0 Å². The third-order valence-electron chi connectivity index (χ3n) is 3.90. The smallest absolute Gasteiger partial charge is 0.147 e. The molecular weight excluding hydrogens is 319 g/mol. The Bertz CT molecular complexity index is 627. The number of hydrogen-bond donors (Lipinski definition) is 0. The molecule has 0 spiro atoms. The molecule has 2 aromatic rings. The van der Waals surface area contributed by atoms with Gasteiger partial charge in [0.15, 0.2) is 0 Å². The summed E-state index contributed by atoms with van der Waals surface area (Å²) in [6.45, 7) is 0. The number of Topliss-reactive ketones (excluding diaryl/α,β-unsaturated/α-hetero) is 1. The summed E-state index contributed by atoms with van der Waals surface area (Å²) in [4.78, 5) is 12.6. The molecule has 1 fully saturated rings. The molecule has 0 aliphatic heterocycles. The fourth-order valence-corrected chi connectivity index (χ4v) is 3.19. The van der Waals surface area contributed by atoms with Gasteiger partial charge >= 0.3 is 0 Å². The molecule has 1 aliphatic carbocycles. The van der Waals surface area contributed by atoms with Crippen molar-refractivity contribution in [2.75, 3.05) is 0 Å². The van der Waals surface area contributed by atoms with E-state index >= 15 is 0 Å². The lowest BCUT2D eigenvalue weighted by Gasteiger charge is -2.14. The van der Waals surface area contributed by atoms with Gasteiger partial charge in [0.25, 0.3) is 0 Å². The van der Waals surface area contributed by atoms with Crippen LogP contribution in [0, 0.1) is 5.82 Å². The fourth-order valence-electron chi connectivity index (χ4n) is 2.68. The van der Waals surface area contributed by atoms with E-state index in [-0.39, 0.29) is 23.4 Å². The molecule has 2 aromatic carbocycles. The molecule has 0 aromatic heterocycles. The van der Waals surface area contributed by atoms with Gasteiger partial charge in [-0.2, -0.15) is 0 Å². The third kappa shape index (κ3) is 2.55. The second-order valence-electron chi connectivity index (χ2n) is 5.33. The van der Waals surface area contributed by atoms with Crippen molar-refractivity contribution in [2.45, 2.75) is 24.7 Å². The lowest BCUT2D eigenvalue weighted by atomic mass is 9.88. The van der Waals surface area contributed by atoms with Gasteiger partial charge in [-0.25, -0.2) is 4.39 Å². The van der Waals surface area contributed by atoms with Crippen LogP contribution in [0.1, 0.15) is 24.0 Å². The maximum atomic E-state index is 13.4. The summed E-state index contributed by atoms with van der Waals surface area (Å²) >= 11 is 3.26. The highest BCUT2D eigenvalue weighted by Gasteiger charge is 2.50. The van der Waals surface area contributed by atoms with Crippen LogP contribution in [0.5, 0.6) is 0 Å². The van der Waals surface area contributed by atoms with E-state index < -0.39 is 0 Å². The van der Waals surface area contributed by atoms with E-state index in [1.807, 2.05) is 36.4 Å². The molecule has 0 bridgehead atoms. The standard InChI is InChI=1S/C17H14BrFO/c18-14-8-12(9-15(19)11-14)10-16(20)17(6-7-17)13-4-2-1-3-5-13/h1-5,8-9,11H,6-7,10H2. The highest BCUT2D eigenvalue weighted by molar-refractivity contribution is 9.10. The van der Waals surface area contributed by atoms with Gasteiger partial charge in [-0.3, -0.25) is 4.79 Å². The van der Waals surface area contributed by atoms with E-state index in [0.717, 1.165) is 24.0 Å². The molecule has 0 atom stereocenters. The molecule has 0 radical (unpaired) electrons. The Labute approximate surface area is 126 Å². The Morgan fingerprint density at radius 1 is 1.15 bits per heavy atom. The number of halogens is 2. The van der Waals surface area contributed by atoms with Gasteiger partial charge in [0, 0.05) is 10.9 Å². The van der Waals surface area contributed by atoms with Crippen molar-refractivity contribution >= 4 is 21.7 Å². The summed E-state index contributed by atoms with van der Waals surface area (Å²) in [6.07, 6.45) is 2.07. The second kappa shape index (κ2) is 5.13. The van der Waals surface area contributed by atoms with Crippen molar-refractivity contribution in [3.63, 3.8) is 0 Å². The van der Waals surface area contributed by atoms with Gasteiger partial charge < -0.3 is 0 Å². The van der Waals surface area contributed by atoms with Crippen LogP contribution in [-0.4, -0.2) is 5.78 Å². The first-order valence-electron chi connectivity index (χ1n) is 6.64. The zero-order chi connectivity index (χ0) is 14.2. The summed E-state index contributed by atoms with van der Waals surface area (Å²) in [5, 5.41) is 0. The van der Waals surface area contributed by atoms with Gasteiger partial charge in [-0.05, 0) is 42.2 Å². The Hall–Kier alpha value is -1.48. The predicted molar refractivity (Wildman–Crippen MR) is 80.2 cm³/mol. The van der Waals surface area contributed by atoms with Crippen LogP contribution in [-0.2, 0) is 16.6 Å². The van der Waals surface area contributed by atoms with Gasteiger partial charge in [0.1, 0.15) is 11.6 Å². The van der Waals surface area contributed by atoms with Crippen LogP contribution in [0.25, 0.3) is 0 Å². The number of ketones is 1. The first-order valence-corrected chi connectivity index (χ1v) is 7.43. The summed E-state index contributed by atoms with van der Waals surface area (Å²) in [6, 6.07) is 14.5. The average Bonchev–Trinajstić information content (AvgIpc) is 3.20. The van der Waals surface area contributed by atoms with Crippen molar-refractivity contribution in [3.8, 4) is 0 Å². The third-order valence-corrected chi connectivity index (χ3v) is 4.35. The lowest BCUT2D eigenvalue weighted by Crippen LogP contribution is -2.22. The molecule has 3 rings (SSSR count). The summed E-state index contributed by atoms with van der Waals surface area (Å²) in [5.41, 5.74) is 1.48. The predicted octanol–water partition coefficient (Wildman–Crippen LogP) is 4.43. The van der Waals surface area contributed by atoms with Gasteiger partial charge in [-0.1, -0.05) is 46.3 Å². The van der Waals surface area contributed by atoms with E-state index in [9.17, 15) is 9.18 Å². The van der Waals surface area contributed by atoms with Crippen LogP contribution in [0.4, 0.5) is 4.39 Å². The second-order valence-corrected chi connectivity index (χ2v) is 6.24. The van der Waals surface area contributed by atoms with Crippen molar-refractivity contribution in [2.24, 2.45) is 0 Å². The normalized spacial score (nSPS) is 15.9. The minimum Gasteiger partial charge on any atom is -0.298 e. The largest absolute Gasteiger partial charge is 0.298 e. The highest BCUT2D eigenvalue weighted by atomic mass is 79.9. The number of benzene rings is 2. The molecule has 0 unspecified atom stereocenters. The summed E-state index contributed by atoms with van der Waals surface area (Å²) in [5.74, 6) is -0.132. The SMILES string of the molecule is O=C(Cc1cc(F)cc(Br)c1)C1(c2ccccc2)CC1. The molecular formula is C17H14BrFO.